The first-order valence-corrected chi connectivity index (χ1v) is 7.07. The summed E-state index contributed by atoms with van der Waals surface area (Å²) in [6, 6.07) is 4.02. The lowest BCUT2D eigenvalue weighted by Crippen LogP contribution is -2.20. The van der Waals surface area contributed by atoms with Gasteiger partial charge in [0.2, 0.25) is 0 Å². The van der Waals surface area contributed by atoms with Gasteiger partial charge in [-0.2, -0.15) is 0 Å². The maximum Gasteiger partial charge on any atom is 0.133 e. The molecule has 1 aliphatic rings. The topological polar surface area (TPSA) is 55.1 Å². The highest BCUT2D eigenvalue weighted by Gasteiger charge is 2.26. The summed E-state index contributed by atoms with van der Waals surface area (Å²) in [5.41, 5.74) is 3.11. The minimum atomic E-state index is 0.432. The smallest absolute Gasteiger partial charge is 0.133 e. The molecule has 0 amide bonds. The zero-order valence-electron chi connectivity index (χ0n) is 12.3. The Kier molecular flexibility index (Phi) is 3.53. The maximum absolute atomic E-state index is 5.12. The van der Waals surface area contributed by atoms with Crippen LogP contribution in [0.3, 0.4) is 0 Å². The van der Waals surface area contributed by atoms with Crippen LogP contribution in [0.5, 0.6) is 0 Å². The van der Waals surface area contributed by atoms with Gasteiger partial charge in [0.25, 0.3) is 0 Å². The summed E-state index contributed by atoms with van der Waals surface area (Å²) in [6.07, 6.45) is 1.11. The Morgan fingerprint density at radius 2 is 1.95 bits per heavy atom. The molecule has 5 heteroatoms. The van der Waals surface area contributed by atoms with Gasteiger partial charge in [-0.25, -0.2) is 9.97 Å². The molecular weight excluding hydrogens is 252 g/mol. The van der Waals surface area contributed by atoms with Crippen molar-refractivity contribution in [2.75, 3.05) is 13.1 Å². The van der Waals surface area contributed by atoms with Gasteiger partial charge in [-0.15, -0.1) is 0 Å². The average molecular weight is 272 g/mol. The first kappa shape index (κ1) is 13.2. The van der Waals surface area contributed by atoms with Crippen LogP contribution in [0.25, 0.3) is 0 Å². The molecule has 1 aliphatic heterocycles. The van der Waals surface area contributed by atoms with E-state index in [4.69, 9.17) is 4.52 Å². The Bertz CT molecular complexity index is 587. The molecule has 1 saturated heterocycles. The lowest BCUT2D eigenvalue weighted by atomic mass is 10.1. The van der Waals surface area contributed by atoms with Gasteiger partial charge in [-0.1, -0.05) is 5.16 Å². The molecule has 0 saturated carbocycles. The first-order chi connectivity index (χ1) is 9.60. The second-order valence-corrected chi connectivity index (χ2v) is 5.66. The van der Waals surface area contributed by atoms with Crippen molar-refractivity contribution in [3.05, 3.63) is 40.8 Å². The molecule has 2 aromatic rings. The van der Waals surface area contributed by atoms with Gasteiger partial charge >= 0.3 is 0 Å². The van der Waals surface area contributed by atoms with E-state index >= 15 is 0 Å². The van der Waals surface area contributed by atoms with Gasteiger partial charge in [0.05, 0.1) is 5.69 Å². The molecule has 3 rings (SSSR count). The van der Waals surface area contributed by atoms with Crippen molar-refractivity contribution in [1.29, 1.82) is 0 Å². The number of nitrogens with zero attached hydrogens (tertiary/aromatic N) is 4. The van der Waals surface area contributed by atoms with E-state index in [1.54, 1.807) is 0 Å². The van der Waals surface area contributed by atoms with Crippen molar-refractivity contribution in [2.24, 2.45) is 0 Å². The summed E-state index contributed by atoms with van der Waals surface area (Å²) in [5, 5.41) is 4.06. The second kappa shape index (κ2) is 5.32. The molecular formula is C15H20N4O. The number of rotatable bonds is 3. The summed E-state index contributed by atoms with van der Waals surface area (Å²) in [6.45, 7) is 8.89. The Labute approximate surface area is 119 Å². The van der Waals surface area contributed by atoms with E-state index < -0.39 is 0 Å². The van der Waals surface area contributed by atoms with Crippen LogP contribution in [0.15, 0.2) is 16.7 Å². The van der Waals surface area contributed by atoms with Crippen LogP contribution in [-0.2, 0) is 6.54 Å². The largest absolute Gasteiger partial charge is 0.361 e. The quantitative estimate of drug-likeness (QED) is 0.858. The molecule has 1 fully saturated rings. The summed E-state index contributed by atoms with van der Waals surface area (Å²) in [4.78, 5) is 11.6. The van der Waals surface area contributed by atoms with Gasteiger partial charge < -0.3 is 4.52 Å². The zero-order chi connectivity index (χ0) is 14.1. The minimum Gasteiger partial charge on any atom is -0.361 e. The molecule has 0 spiro atoms. The average Bonchev–Trinajstić information content (AvgIpc) is 2.98. The summed E-state index contributed by atoms with van der Waals surface area (Å²) < 4.78 is 5.12. The summed E-state index contributed by atoms with van der Waals surface area (Å²) in [7, 11) is 0. The molecule has 2 aromatic heterocycles. The van der Waals surface area contributed by atoms with E-state index in [0.717, 1.165) is 54.7 Å². The molecule has 0 N–H and O–H groups in total. The molecule has 0 aromatic carbocycles. The highest BCUT2D eigenvalue weighted by atomic mass is 16.5. The van der Waals surface area contributed by atoms with E-state index in [0.29, 0.717) is 5.92 Å². The van der Waals surface area contributed by atoms with Crippen molar-refractivity contribution in [3.8, 4) is 0 Å². The Hall–Kier alpha value is -1.75. The Balaban J connectivity index is 1.67. The monoisotopic (exact) mass is 272 g/mol. The van der Waals surface area contributed by atoms with Gasteiger partial charge in [0.1, 0.15) is 11.6 Å². The highest BCUT2D eigenvalue weighted by Crippen LogP contribution is 2.26. The Morgan fingerprint density at radius 3 is 2.60 bits per heavy atom. The zero-order valence-corrected chi connectivity index (χ0v) is 12.3. The third-order valence-electron chi connectivity index (χ3n) is 3.70. The molecule has 1 atom stereocenters. The van der Waals surface area contributed by atoms with Gasteiger partial charge in [0.15, 0.2) is 0 Å². The van der Waals surface area contributed by atoms with Crippen molar-refractivity contribution >= 4 is 0 Å². The van der Waals surface area contributed by atoms with Crippen LogP contribution >= 0.6 is 0 Å². The first-order valence-electron chi connectivity index (χ1n) is 7.07. The van der Waals surface area contributed by atoms with Crippen LogP contribution in [0.2, 0.25) is 0 Å². The number of aromatic nitrogens is 3. The van der Waals surface area contributed by atoms with E-state index in [2.05, 4.69) is 20.0 Å². The maximum atomic E-state index is 5.12. The van der Waals surface area contributed by atoms with Crippen molar-refractivity contribution < 1.29 is 4.52 Å². The number of likely N-dealkylation sites (tertiary alicyclic amines) is 1. The lowest BCUT2D eigenvalue weighted by Gasteiger charge is -2.14. The lowest BCUT2D eigenvalue weighted by molar-refractivity contribution is 0.307. The normalized spacial score (nSPS) is 19.6. The molecule has 0 radical (unpaired) electrons. The minimum absolute atomic E-state index is 0.432. The van der Waals surface area contributed by atoms with E-state index in [9.17, 15) is 0 Å². The third kappa shape index (κ3) is 2.88. The van der Waals surface area contributed by atoms with Crippen LogP contribution in [0.1, 0.15) is 41.0 Å². The summed E-state index contributed by atoms with van der Waals surface area (Å²) >= 11 is 0. The molecule has 0 aliphatic carbocycles. The second-order valence-electron chi connectivity index (χ2n) is 5.66. The van der Waals surface area contributed by atoms with E-state index in [1.807, 2.05) is 32.9 Å². The molecule has 0 unspecified atom stereocenters. The number of aryl methyl sites for hydroxylation is 3. The predicted molar refractivity (Wildman–Crippen MR) is 75.4 cm³/mol. The Morgan fingerprint density at radius 1 is 1.20 bits per heavy atom. The number of hydrogen-bond donors (Lipinski definition) is 0. The SMILES string of the molecule is Cc1cc(C)nc([C@@H]2CCN(Cc3cc(C)on3)C2)n1. The molecule has 0 bridgehead atoms. The predicted octanol–water partition coefficient (Wildman–Crippen LogP) is 2.38. The molecule has 3 heterocycles. The molecule has 106 valence electrons. The van der Waals surface area contributed by atoms with Crippen molar-refractivity contribution in [2.45, 2.75) is 39.7 Å². The van der Waals surface area contributed by atoms with E-state index in [1.165, 1.54) is 0 Å². The fourth-order valence-corrected chi connectivity index (χ4v) is 2.84. The number of hydrogen-bond acceptors (Lipinski definition) is 5. The fraction of sp³-hybridized carbons (Fsp3) is 0.533. The highest BCUT2D eigenvalue weighted by molar-refractivity contribution is 5.12. The van der Waals surface area contributed by atoms with E-state index in [-0.39, 0.29) is 0 Å². The molecule has 5 nitrogen and oxygen atoms in total. The van der Waals surface area contributed by atoms with Crippen LogP contribution < -0.4 is 0 Å². The third-order valence-corrected chi connectivity index (χ3v) is 3.70. The van der Waals surface area contributed by atoms with Crippen molar-refractivity contribution in [3.63, 3.8) is 0 Å². The fourth-order valence-electron chi connectivity index (χ4n) is 2.84. The van der Waals surface area contributed by atoms with Crippen LogP contribution in [-0.4, -0.2) is 33.1 Å². The van der Waals surface area contributed by atoms with Gasteiger partial charge in [0, 0.05) is 36.5 Å². The van der Waals surface area contributed by atoms with Crippen LogP contribution in [0.4, 0.5) is 0 Å². The standard InChI is InChI=1S/C15H20N4O/c1-10-6-11(2)17-15(16-10)13-4-5-19(8-13)9-14-7-12(3)20-18-14/h6-7,13H,4-5,8-9H2,1-3H3/t13-/m1/s1. The van der Waals surface area contributed by atoms with Gasteiger partial charge in [-0.05, 0) is 39.8 Å². The van der Waals surface area contributed by atoms with Crippen LogP contribution in [0, 0.1) is 20.8 Å². The van der Waals surface area contributed by atoms with Gasteiger partial charge in [-0.3, -0.25) is 4.90 Å². The summed E-state index contributed by atoms with van der Waals surface area (Å²) in [5.74, 6) is 2.29. The molecule has 20 heavy (non-hydrogen) atoms. The van der Waals surface area contributed by atoms with Crippen molar-refractivity contribution in [1.82, 2.24) is 20.0 Å².